The Labute approximate surface area is 181 Å². The highest BCUT2D eigenvalue weighted by atomic mass is 16.5. The molecule has 0 aliphatic carbocycles. The van der Waals surface area contributed by atoms with Crippen molar-refractivity contribution in [2.75, 3.05) is 12.4 Å². The topological polar surface area (TPSA) is 84.1 Å². The van der Waals surface area contributed by atoms with Crippen molar-refractivity contribution in [1.29, 1.82) is 5.26 Å². The third-order valence-electron chi connectivity index (χ3n) is 4.97. The maximum atomic E-state index is 12.6. The Hall–Kier alpha value is -4.11. The van der Waals surface area contributed by atoms with Gasteiger partial charge < -0.3 is 14.6 Å². The number of aromatic nitrogens is 1. The normalized spacial score (nSPS) is 11.0. The van der Waals surface area contributed by atoms with Gasteiger partial charge in [0, 0.05) is 22.8 Å². The number of aryl methyl sites for hydroxylation is 2. The van der Waals surface area contributed by atoms with Gasteiger partial charge in [0.2, 0.25) is 0 Å². The Kier molecular flexibility index (Phi) is 6.37. The molecule has 0 radical (unpaired) electrons. The zero-order chi connectivity index (χ0) is 22.5. The average Bonchev–Trinajstić information content (AvgIpc) is 3.05. The highest BCUT2D eigenvalue weighted by molar-refractivity contribution is 6.09. The Morgan fingerprint density at radius 3 is 2.42 bits per heavy atom. The lowest BCUT2D eigenvalue weighted by molar-refractivity contribution is -0.112. The summed E-state index contributed by atoms with van der Waals surface area (Å²) >= 11 is 0. The molecular weight excluding hydrogens is 390 g/mol. The van der Waals surface area contributed by atoms with Crippen LogP contribution in [0.2, 0.25) is 0 Å². The fourth-order valence-electron chi connectivity index (χ4n) is 3.36. The number of nitrogens with zero attached hydrogens (tertiary/aromatic N) is 2. The number of esters is 1. The van der Waals surface area contributed by atoms with Gasteiger partial charge in [-0.05, 0) is 68.8 Å². The number of methoxy groups -OCH3 is 1. The summed E-state index contributed by atoms with van der Waals surface area (Å²) in [5.74, 6) is -0.882. The second kappa shape index (κ2) is 9.14. The van der Waals surface area contributed by atoms with Crippen molar-refractivity contribution in [3.8, 4) is 11.8 Å². The van der Waals surface area contributed by atoms with E-state index in [1.54, 1.807) is 36.4 Å². The van der Waals surface area contributed by atoms with Crippen LogP contribution >= 0.6 is 0 Å². The van der Waals surface area contributed by atoms with Crippen molar-refractivity contribution in [3.05, 3.63) is 88.2 Å². The van der Waals surface area contributed by atoms with Crippen molar-refractivity contribution < 1.29 is 14.3 Å². The molecule has 6 nitrogen and oxygen atoms in total. The number of benzene rings is 2. The van der Waals surface area contributed by atoms with E-state index >= 15 is 0 Å². The van der Waals surface area contributed by atoms with E-state index in [1.807, 2.05) is 55.7 Å². The van der Waals surface area contributed by atoms with Crippen LogP contribution in [-0.2, 0) is 9.53 Å². The molecule has 1 amide bonds. The summed E-state index contributed by atoms with van der Waals surface area (Å²) in [6.07, 6.45) is 1.58. The first-order valence-electron chi connectivity index (χ1n) is 9.71. The fraction of sp³-hybridized carbons (Fsp3) is 0.160. The van der Waals surface area contributed by atoms with Crippen molar-refractivity contribution in [2.24, 2.45) is 0 Å². The van der Waals surface area contributed by atoms with Crippen LogP contribution < -0.4 is 5.32 Å². The first-order chi connectivity index (χ1) is 14.8. The zero-order valence-electron chi connectivity index (χ0n) is 17.9. The van der Waals surface area contributed by atoms with Gasteiger partial charge >= 0.3 is 5.97 Å². The molecule has 6 heteroatoms. The van der Waals surface area contributed by atoms with E-state index in [-0.39, 0.29) is 5.57 Å². The van der Waals surface area contributed by atoms with Gasteiger partial charge in [-0.1, -0.05) is 23.8 Å². The van der Waals surface area contributed by atoms with Crippen LogP contribution in [0.1, 0.15) is 32.9 Å². The summed E-state index contributed by atoms with van der Waals surface area (Å²) < 4.78 is 6.77. The van der Waals surface area contributed by atoms with E-state index in [4.69, 9.17) is 4.74 Å². The van der Waals surface area contributed by atoms with Crippen molar-refractivity contribution in [1.82, 2.24) is 4.57 Å². The molecular formula is C25H23N3O3. The third kappa shape index (κ3) is 4.73. The number of hydrogen-bond donors (Lipinski definition) is 1. The van der Waals surface area contributed by atoms with Crippen LogP contribution in [0.4, 0.5) is 5.69 Å². The molecule has 0 spiro atoms. The number of nitriles is 1. The van der Waals surface area contributed by atoms with E-state index in [1.165, 1.54) is 7.11 Å². The summed E-state index contributed by atoms with van der Waals surface area (Å²) in [6.45, 7) is 5.78. The number of carbonyl (C=O) groups is 2. The molecule has 0 saturated carbocycles. The molecule has 0 aliphatic rings. The van der Waals surface area contributed by atoms with Crippen LogP contribution in [0.5, 0.6) is 0 Å². The molecule has 3 rings (SSSR count). The van der Waals surface area contributed by atoms with E-state index in [2.05, 4.69) is 5.32 Å². The largest absolute Gasteiger partial charge is 0.465 e. The minimum atomic E-state index is -0.469. The number of amides is 1. The summed E-state index contributed by atoms with van der Waals surface area (Å²) in [7, 11) is 1.34. The van der Waals surface area contributed by atoms with E-state index < -0.39 is 11.9 Å². The van der Waals surface area contributed by atoms with Crippen LogP contribution in [0, 0.1) is 32.1 Å². The number of anilines is 1. The molecule has 31 heavy (non-hydrogen) atoms. The van der Waals surface area contributed by atoms with Gasteiger partial charge in [-0.3, -0.25) is 4.79 Å². The summed E-state index contributed by atoms with van der Waals surface area (Å²) in [5.41, 5.74) is 5.44. The predicted octanol–water partition coefficient (Wildman–Crippen LogP) is 4.73. The fourth-order valence-corrected chi connectivity index (χ4v) is 3.36. The quantitative estimate of drug-likeness (QED) is 0.372. The predicted molar refractivity (Wildman–Crippen MR) is 120 cm³/mol. The summed E-state index contributed by atoms with van der Waals surface area (Å²) in [4.78, 5) is 24.5. The molecule has 1 aromatic heterocycles. The highest BCUT2D eigenvalue weighted by Gasteiger charge is 2.15. The smallest absolute Gasteiger partial charge is 0.337 e. The molecule has 2 aromatic carbocycles. The van der Waals surface area contributed by atoms with Crippen LogP contribution in [-0.4, -0.2) is 23.6 Å². The monoisotopic (exact) mass is 413 g/mol. The molecule has 0 fully saturated rings. The lowest BCUT2D eigenvalue weighted by Crippen LogP contribution is -2.13. The highest BCUT2D eigenvalue weighted by Crippen LogP contribution is 2.24. The molecule has 0 saturated heterocycles. The number of hydrogen-bond acceptors (Lipinski definition) is 4. The Morgan fingerprint density at radius 2 is 1.77 bits per heavy atom. The third-order valence-corrected chi connectivity index (χ3v) is 4.97. The van der Waals surface area contributed by atoms with Gasteiger partial charge in [-0.2, -0.15) is 5.26 Å². The molecule has 0 bridgehead atoms. The van der Waals surface area contributed by atoms with E-state index in [9.17, 15) is 14.9 Å². The summed E-state index contributed by atoms with van der Waals surface area (Å²) in [6, 6.07) is 18.4. The first-order valence-corrected chi connectivity index (χ1v) is 9.71. The van der Waals surface area contributed by atoms with Crippen molar-refractivity contribution in [2.45, 2.75) is 20.8 Å². The number of carbonyl (C=O) groups excluding carboxylic acids is 2. The lowest BCUT2D eigenvalue weighted by Gasteiger charge is -2.11. The molecule has 3 aromatic rings. The number of nitrogens with one attached hydrogen (secondary N) is 1. The number of ether oxygens (including phenoxy) is 1. The van der Waals surface area contributed by atoms with Crippen molar-refractivity contribution in [3.63, 3.8) is 0 Å². The van der Waals surface area contributed by atoms with Crippen molar-refractivity contribution >= 4 is 23.6 Å². The van der Waals surface area contributed by atoms with Crippen LogP contribution in [0.3, 0.4) is 0 Å². The van der Waals surface area contributed by atoms with E-state index in [0.717, 1.165) is 28.2 Å². The lowest BCUT2D eigenvalue weighted by atomic mass is 10.1. The molecule has 0 aliphatic heterocycles. The standard InChI is InChI=1S/C25H23N3O3/c1-16-8-10-22(11-9-16)27-24(29)21(15-26)13-20-12-17(2)28(18(20)3)23-7-5-6-19(14-23)25(30)31-4/h5-14H,1-4H3,(H,27,29). The van der Waals surface area contributed by atoms with Gasteiger partial charge in [0.15, 0.2) is 0 Å². The maximum absolute atomic E-state index is 12.6. The van der Waals surface area contributed by atoms with Gasteiger partial charge in [-0.15, -0.1) is 0 Å². The zero-order valence-corrected chi connectivity index (χ0v) is 17.9. The summed E-state index contributed by atoms with van der Waals surface area (Å²) in [5, 5.41) is 12.3. The SMILES string of the molecule is COC(=O)c1cccc(-n2c(C)cc(C=C(C#N)C(=O)Nc3ccc(C)cc3)c2C)c1. The minimum absolute atomic E-state index is 0.00383. The second-order valence-electron chi connectivity index (χ2n) is 7.19. The Bertz CT molecular complexity index is 1210. The Morgan fingerprint density at radius 1 is 1.06 bits per heavy atom. The van der Waals surface area contributed by atoms with Crippen LogP contribution in [0.15, 0.2) is 60.2 Å². The molecule has 1 heterocycles. The maximum Gasteiger partial charge on any atom is 0.337 e. The van der Waals surface area contributed by atoms with E-state index in [0.29, 0.717) is 11.3 Å². The molecule has 0 unspecified atom stereocenters. The average molecular weight is 413 g/mol. The number of rotatable bonds is 5. The van der Waals surface area contributed by atoms with Gasteiger partial charge in [0.1, 0.15) is 11.6 Å². The Balaban J connectivity index is 1.94. The van der Waals surface area contributed by atoms with Gasteiger partial charge in [-0.25, -0.2) is 4.79 Å². The molecule has 156 valence electrons. The minimum Gasteiger partial charge on any atom is -0.465 e. The first kappa shape index (κ1) is 21.6. The van der Waals surface area contributed by atoms with Crippen LogP contribution in [0.25, 0.3) is 11.8 Å². The van der Waals surface area contributed by atoms with Gasteiger partial charge in [0.05, 0.1) is 12.7 Å². The molecule has 1 N–H and O–H groups in total. The second-order valence-corrected chi connectivity index (χ2v) is 7.19. The van der Waals surface area contributed by atoms with Gasteiger partial charge in [0.25, 0.3) is 5.91 Å². The molecule has 0 atom stereocenters.